The number of nitrogens with one attached hydrogen (secondary N) is 2. The van der Waals surface area contributed by atoms with Crippen LogP contribution >= 0.6 is 11.3 Å². The second-order valence-corrected chi connectivity index (χ2v) is 6.70. The number of hydrogen-bond donors (Lipinski definition) is 3. The first-order valence-electron chi connectivity index (χ1n) is 6.91. The topological polar surface area (TPSA) is 70.1 Å². The zero-order valence-electron chi connectivity index (χ0n) is 12.8. The first-order chi connectivity index (χ1) is 9.90. The molecule has 0 saturated carbocycles. The van der Waals surface area contributed by atoms with Crippen LogP contribution in [0.2, 0.25) is 0 Å². The minimum Gasteiger partial charge on any atom is -0.387 e. The number of aromatic nitrogens is 2. The molecule has 0 bridgehead atoms. The number of aliphatic hydroxyl groups is 1. The van der Waals surface area contributed by atoms with E-state index < -0.39 is 6.10 Å². The first-order valence-corrected chi connectivity index (χ1v) is 7.86. The molecule has 2 heterocycles. The van der Waals surface area contributed by atoms with Crippen molar-refractivity contribution in [3.05, 3.63) is 34.3 Å². The van der Waals surface area contributed by atoms with Gasteiger partial charge in [0.1, 0.15) is 17.5 Å². The molecule has 0 aliphatic carbocycles. The van der Waals surface area contributed by atoms with E-state index >= 15 is 0 Å². The predicted molar refractivity (Wildman–Crippen MR) is 88.0 cm³/mol. The van der Waals surface area contributed by atoms with Crippen LogP contribution in [-0.4, -0.2) is 28.7 Å². The van der Waals surface area contributed by atoms with E-state index in [0.717, 1.165) is 17.2 Å². The van der Waals surface area contributed by atoms with Crippen LogP contribution in [0.4, 0.5) is 11.6 Å². The summed E-state index contributed by atoms with van der Waals surface area (Å²) in [5.74, 6) is 2.25. The zero-order chi connectivity index (χ0) is 15.5. The second-order valence-electron chi connectivity index (χ2n) is 5.92. The molecular weight excluding hydrogens is 284 g/mol. The maximum absolute atomic E-state index is 10.1. The molecule has 3 N–H and O–H groups in total. The van der Waals surface area contributed by atoms with Gasteiger partial charge in [-0.2, -0.15) is 11.3 Å². The molecule has 0 saturated heterocycles. The van der Waals surface area contributed by atoms with Gasteiger partial charge in [-0.1, -0.05) is 20.8 Å². The van der Waals surface area contributed by atoms with E-state index in [4.69, 9.17) is 0 Å². The highest BCUT2D eigenvalue weighted by molar-refractivity contribution is 7.07. The van der Waals surface area contributed by atoms with Gasteiger partial charge in [0.2, 0.25) is 0 Å². The van der Waals surface area contributed by atoms with Gasteiger partial charge in [-0.25, -0.2) is 9.97 Å². The fraction of sp³-hybridized carbons (Fsp3) is 0.467. The van der Waals surface area contributed by atoms with Gasteiger partial charge >= 0.3 is 0 Å². The monoisotopic (exact) mass is 306 g/mol. The molecule has 21 heavy (non-hydrogen) atoms. The van der Waals surface area contributed by atoms with Gasteiger partial charge in [0.15, 0.2) is 0 Å². The van der Waals surface area contributed by atoms with E-state index in [2.05, 4.69) is 41.4 Å². The number of aliphatic hydroxyl groups excluding tert-OH is 1. The van der Waals surface area contributed by atoms with Gasteiger partial charge < -0.3 is 15.7 Å². The SMILES string of the molecule is CNc1cc(NCC(O)c2ccsc2)nc(C(C)(C)C)n1. The Bertz CT molecular complexity index is 578. The molecule has 2 rings (SSSR count). The van der Waals surface area contributed by atoms with Crippen LogP contribution in [-0.2, 0) is 5.41 Å². The van der Waals surface area contributed by atoms with E-state index in [-0.39, 0.29) is 5.41 Å². The summed E-state index contributed by atoms with van der Waals surface area (Å²) in [6, 6.07) is 3.77. The van der Waals surface area contributed by atoms with Crippen LogP contribution < -0.4 is 10.6 Å². The Balaban J connectivity index is 2.12. The maximum atomic E-state index is 10.1. The molecule has 0 radical (unpaired) electrons. The summed E-state index contributed by atoms with van der Waals surface area (Å²) in [4.78, 5) is 9.01. The molecular formula is C15H22N4OS. The average molecular weight is 306 g/mol. The Hall–Kier alpha value is -1.66. The second kappa shape index (κ2) is 6.41. The van der Waals surface area contributed by atoms with Crippen LogP contribution in [0.15, 0.2) is 22.9 Å². The number of nitrogens with zero attached hydrogens (tertiary/aromatic N) is 2. The molecule has 114 valence electrons. The van der Waals surface area contributed by atoms with Crippen molar-refractivity contribution in [3.8, 4) is 0 Å². The van der Waals surface area contributed by atoms with Crippen LogP contribution in [0.3, 0.4) is 0 Å². The molecule has 0 aliphatic heterocycles. The van der Waals surface area contributed by atoms with Crippen LogP contribution in [0.1, 0.15) is 38.3 Å². The Morgan fingerprint density at radius 2 is 2.00 bits per heavy atom. The smallest absolute Gasteiger partial charge is 0.138 e. The fourth-order valence-corrected chi connectivity index (χ4v) is 2.49. The summed E-state index contributed by atoms with van der Waals surface area (Å²) in [5.41, 5.74) is 0.793. The third-order valence-electron chi connectivity index (χ3n) is 3.06. The molecule has 0 fully saturated rings. The minimum absolute atomic E-state index is 0.130. The molecule has 6 heteroatoms. The van der Waals surface area contributed by atoms with Gasteiger partial charge in [0.05, 0.1) is 6.10 Å². The molecule has 1 unspecified atom stereocenters. The van der Waals surface area contributed by atoms with Crippen molar-refractivity contribution >= 4 is 23.0 Å². The largest absolute Gasteiger partial charge is 0.387 e. The van der Waals surface area contributed by atoms with E-state index in [1.807, 2.05) is 29.9 Å². The number of thiophene rings is 1. The molecule has 2 aromatic rings. The number of anilines is 2. The molecule has 0 aromatic carbocycles. The summed E-state index contributed by atoms with van der Waals surface area (Å²) in [7, 11) is 1.83. The first kappa shape index (κ1) is 15.7. The summed E-state index contributed by atoms with van der Waals surface area (Å²) >= 11 is 1.58. The van der Waals surface area contributed by atoms with Crippen molar-refractivity contribution in [3.63, 3.8) is 0 Å². The molecule has 0 spiro atoms. The predicted octanol–water partition coefficient (Wildman–Crippen LogP) is 3.02. The van der Waals surface area contributed by atoms with Crippen LogP contribution in [0, 0.1) is 0 Å². The minimum atomic E-state index is -0.540. The Labute approximate surface area is 129 Å². The standard InChI is InChI=1S/C15H22N4OS/c1-15(2,3)14-18-12(16-4)7-13(19-14)17-8-11(20)10-5-6-21-9-10/h5-7,9,11,20H,8H2,1-4H3,(H2,16,17,18,19). The summed E-state index contributed by atoms with van der Waals surface area (Å²) in [6.45, 7) is 6.64. The fourth-order valence-electron chi connectivity index (χ4n) is 1.78. The Kier molecular flexibility index (Phi) is 4.80. The normalized spacial score (nSPS) is 13.0. The third-order valence-corrected chi connectivity index (χ3v) is 3.76. The summed E-state index contributed by atoms with van der Waals surface area (Å²) in [6.07, 6.45) is -0.540. The van der Waals surface area contributed by atoms with Crippen molar-refractivity contribution < 1.29 is 5.11 Å². The Morgan fingerprint density at radius 1 is 1.29 bits per heavy atom. The lowest BCUT2D eigenvalue weighted by atomic mass is 9.96. The van der Waals surface area contributed by atoms with E-state index in [1.54, 1.807) is 11.3 Å². The summed E-state index contributed by atoms with van der Waals surface area (Å²) in [5, 5.41) is 20.2. The third kappa shape index (κ3) is 4.15. The molecule has 0 amide bonds. The molecule has 2 aromatic heterocycles. The molecule has 1 atom stereocenters. The van der Waals surface area contributed by atoms with Crippen molar-refractivity contribution in [2.24, 2.45) is 0 Å². The highest BCUT2D eigenvalue weighted by Gasteiger charge is 2.19. The van der Waals surface area contributed by atoms with Crippen LogP contribution in [0.25, 0.3) is 0 Å². The maximum Gasteiger partial charge on any atom is 0.138 e. The lowest BCUT2D eigenvalue weighted by molar-refractivity contribution is 0.192. The highest BCUT2D eigenvalue weighted by Crippen LogP contribution is 2.23. The highest BCUT2D eigenvalue weighted by atomic mass is 32.1. The van der Waals surface area contributed by atoms with Crippen LogP contribution in [0.5, 0.6) is 0 Å². The van der Waals surface area contributed by atoms with E-state index in [9.17, 15) is 5.11 Å². The van der Waals surface area contributed by atoms with E-state index in [1.165, 1.54) is 0 Å². The zero-order valence-corrected chi connectivity index (χ0v) is 13.7. The lowest BCUT2D eigenvalue weighted by Crippen LogP contribution is -2.19. The van der Waals surface area contributed by atoms with Gasteiger partial charge in [-0.15, -0.1) is 0 Å². The van der Waals surface area contributed by atoms with E-state index in [0.29, 0.717) is 12.4 Å². The van der Waals surface area contributed by atoms with Gasteiger partial charge in [0.25, 0.3) is 0 Å². The number of hydrogen-bond acceptors (Lipinski definition) is 6. The van der Waals surface area contributed by atoms with Crippen molar-refractivity contribution in [1.29, 1.82) is 0 Å². The van der Waals surface area contributed by atoms with Crippen molar-refractivity contribution in [2.75, 3.05) is 24.2 Å². The quantitative estimate of drug-likeness (QED) is 0.792. The van der Waals surface area contributed by atoms with Gasteiger partial charge in [-0.3, -0.25) is 0 Å². The lowest BCUT2D eigenvalue weighted by Gasteiger charge is -2.19. The van der Waals surface area contributed by atoms with Gasteiger partial charge in [0, 0.05) is 25.1 Å². The molecule has 5 nitrogen and oxygen atoms in total. The Morgan fingerprint density at radius 3 is 2.57 bits per heavy atom. The van der Waals surface area contributed by atoms with Crippen molar-refractivity contribution in [1.82, 2.24) is 9.97 Å². The average Bonchev–Trinajstić information content (AvgIpc) is 2.97. The van der Waals surface area contributed by atoms with Crippen molar-refractivity contribution in [2.45, 2.75) is 32.3 Å². The summed E-state index contributed by atoms with van der Waals surface area (Å²) < 4.78 is 0. The molecule has 0 aliphatic rings. The van der Waals surface area contributed by atoms with Gasteiger partial charge in [-0.05, 0) is 22.4 Å². The number of rotatable bonds is 5.